The highest BCUT2D eigenvalue weighted by Crippen LogP contribution is 2.12. The summed E-state index contributed by atoms with van der Waals surface area (Å²) in [6.45, 7) is 5.71. The van der Waals surface area contributed by atoms with E-state index in [1.165, 1.54) is 12.1 Å². The lowest BCUT2D eigenvalue weighted by atomic mass is 10.00. The zero-order valence-corrected chi connectivity index (χ0v) is 9.55. The molecule has 1 aromatic carbocycles. The van der Waals surface area contributed by atoms with Gasteiger partial charge in [0.1, 0.15) is 24.5 Å². The van der Waals surface area contributed by atoms with Gasteiger partial charge in [0, 0.05) is 17.0 Å². The Morgan fingerprint density at radius 1 is 1.31 bits per heavy atom. The Morgan fingerprint density at radius 3 is 2.56 bits per heavy atom. The molecule has 0 spiro atoms. The van der Waals surface area contributed by atoms with E-state index >= 15 is 0 Å². The molecule has 4 heteroatoms. The minimum atomic E-state index is -0.633. The molecule has 0 amide bonds. The molecular formula is C12H14F2NO. The van der Waals surface area contributed by atoms with Crippen LogP contribution < -0.4 is 0 Å². The summed E-state index contributed by atoms with van der Waals surface area (Å²) in [6.07, 6.45) is 2.73. The van der Waals surface area contributed by atoms with Gasteiger partial charge in [-0.2, -0.15) is 0 Å². The molecule has 0 bridgehead atoms. The molecule has 0 aliphatic carbocycles. The number of halogens is 2. The molecule has 0 aromatic heterocycles. The summed E-state index contributed by atoms with van der Waals surface area (Å²) < 4.78 is 25.7. The molecule has 0 N–H and O–H groups in total. The van der Waals surface area contributed by atoms with Crippen LogP contribution in [-0.2, 0) is 11.4 Å². The predicted octanol–water partition coefficient (Wildman–Crippen LogP) is 3.39. The highest BCUT2D eigenvalue weighted by molar-refractivity contribution is 5.63. The highest BCUT2D eigenvalue weighted by Gasteiger charge is 2.07. The molecule has 0 aliphatic heterocycles. The second-order valence-electron chi connectivity index (χ2n) is 4.46. The van der Waals surface area contributed by atoms with Crippen LogP contribution in [0.1, 0.15) is 26.3 Å². The van der Waals surface area contributed by atoms with Crippen LogP contribution in [0.3, 0.4) is 0 Å². The third-order valence-electron chi connectivity index (χ3n) is 1.68. The highest BCUT2D eigenvalue weighted by atomic mass is 19.1. The minimum absolute atomic E-state index is 0.0325. The second kappa shape index (κ2) is 5.05. The molecule has 0 aliphatic rings. The van der Waals surface area contributed by atoms with Crippen molar-refractivity contribution in [2.75, 3.05) is 0 Å². The standard InChI is InChI=1S/C12H14F2NO/c1-12(2,3)8-15-16-7-9-4-5-10(13)6-11(9)14/h4-6H,7H2,1-3H3. The maximum atomic E-state index is 13.1. The fraction of sp³-hybridized carbons (Fsp3) is 0.417. The first-order chi connectivity index (χ1) is 7.38. The zero-order valence-electron chi connectivity index (χ0n) is 9.55. The van der Waals surface area contributed by atoms with Crippen molar-refractivity contribution in [2.45, 2.75) is 27.4 Å². The summed E-state index contributed by atoms with van der Waals surface area (Å²) in [6, 6.07) is 3.33. The summed E-state index contributed by atoms with van der Waals surface area (Å²) in [5.74, 6) is -1.24. The lowest BCUT2D eigenvalue weighted by molar-refractivity contribution is 0.127. The van der Waals surface area contributed by atoms with E-state index in [4.69, 9.17) is 4.84 Å². The van der Waals surface area contributed by atoms with Crippen LogP contribution in [0.15, 0.2) is 23.4 Å². The molecule has 0 unspecified atom stereocenters. The average Bonchev–Trinajstić information content (AvgIpc) is 2.13. The van der Waals surface area contributed by atoms with E-state index in [2.05, 4.69) is 11.4 Å². The second-order valence-corrected chi connectivity index (χ2v) is 4.46. The molecule has 0 saturated carbocycles. The smallest absolute Gasteiger partial charge is 0.145 e. The van der Waals surface area contributed by atoms with Crippen molar-refractivity contribution in [3.8, 4) is 0 Å². The van der Waals surface area contributed by atoms with Crippen molar-refractivity contribution in [2.24, 2.45) is 10.6 Å². The number of nitrogens with zero attached hydrogens (tertiary/aromatic N) is 1. The van der Waals surface area contributed by atoms with Crippen molar-refractivity contribution >= 4 is 6.21 Å². The third-order valence-corrected chi connectivity index (χ3v) is 1.68. The summed E-state index contributed by atoms with van der Waals surface area (Å²) >= 11 is 0. The van der Waals surface area contributed by atoms with E-state index in [1.54, 1.807) is 0 Å². The van der Waals surface area contributed by atoms with Gasteiger partial charge in [-0.25, -0.2) is 8.78 Å². The van der Waals surface area contributed by atoms with E-state index in [1.807, 2.05) is 20.8 Å². The van der Waals surface area contributed by atoms with Crippen LogP contribution in [0.5, 0.6) is 0 Å². The van der Waals surface area contributed by atoms with Crippen LogP contribution in [-0.4, -0.2) is 6.21 Å². The van der Waals surface area contributed by atoms with Crippen LogP contribution in [0.4, 0.5) is 8.78 Å². The first kappa shape index (κ1) is 12.6. The number of hydrogen-bond acceptors (Lipinski definition) is 2. The van der Waals surface area contributed by atoms with Gasteiger partial charge in [-0.1, -0.05) is 25.9 Å². The monoisotopic (exact) mass is 226 g/mol. The van der Waals surface area contributed by atoms with Crippen molar-refractivity contribution in [3.63, 3.8) is 0 Å². The molecule has 1 aromatic rings. The fourth-order valence-electron chi connectivity index (χ4n) is 0.910. The summed E-state index contributed by atoms with van der Waals surface area (Å²) in [5.41, 5.74) is 0.0577. The average molecular weight is 226 g/mol. The molecule has 87 valence electrons. The zero-order chi connectivity index (χ0) is 12.2. The molecular weight excluding hydrogens is 212 g/mol. The third kappa shape index (κ3) is 4.38. The molecule has 0 saturated heterocycles. The molecule has 0 atom stereocenters. The van der Waals surface area contributed by atoms with Crippen molar-refractivity contribution in [1.82, 2.24) is 0 Å². The van der Waals surface area contributed by atoms with Crippen LogP contribution in [0, 0.1) is 17.0 Å². The van der Waals surface area contributed by atoms with Gasteiger partial charge < -0.3 is 4.84 Å². The Kier molecular flexibility index (Phi) is 3.99. The Balaban J connectivity index is 2.53. The number of benzene rings is 1. The van der Waals surface area contributed by atoms with E-state index in [0.29, 0.717) is 0 Å². The summed E-state index contributed by atoms with van der Waals surface area (Å²) in [7, 11) is 0. The van der Waals surface area contributed by atoms with E-state index in [0.717, 1.165) is 6.07 Å². The van der Waals surface area contributed by atoms with Gasteiger partial charge in [0.05, 0.1) is 0 Å². The van der Waals surface area contributed by atoms with Crippen molar-refractivity contribution in [1.29, 1.82) is 0 Å². The largest absolute Gasteiger partial charge is 0.391 e. The Bertz CT molecular complexity index is 383. The lowest BCUT2D eigenvalue weighted by Crippen LogP contribution is -2.06. The van der Waals surface area contributed by atoms with E-state index < -0.39 is 11.6 Å². The fourth-order valence-corrected chi connectivity index (χ4v) is 0.910. The first-order valence-corrected chi connectivity index (χ1v) is 4.91. The van der Waals surface area contributed by atoms with Gasteiger partial charge in [0.15, 0.2) is 0 Å². The maximum Gasteiger partial charge on any atom is 0.145 e. The lowest BCUT2D eigenvalue weighted by Gasteiger charge is -2.08. The Hall–Kier alpha value is -1.45. The normalized spacial score (nSPS) is 12.1. The van der Waals surface area contributed by atoms with Crippen LogP contribution in [0.2, 0.25) is 0 Å². The van der Waals surface area contributed by atoms with Gasteiger partial charge in [-0.3, -0.25) is 0 Å². The molecule has 0 heterocycles. The maximum absolute atomic E-state index is 13.1. The van der Waals surface area contributed by atoms with Gasteiger partial charge in [-0.05, 0) is 12.1 Å². The molecule has 0 fully saturated rings. The molecule has 1 radical (unpaired) electrons. The van der Waals surface area contributed by atoms with Crippen molar-refractivity contribution < 1.29 is 13.6 Å². The van der Waals surface area contributed by atoms with Crippen molar-refractivity contribution in [3.05, 3.63) is 35.4 Å². The number of hydrogen-bond donors (Lipinski definition) is 0. The molecule has 16 heavy (non-hydrogen) atoms. The topological polar surface area (TPSA) is 21.6 Å². The van der Waals surface area contributed by atoms with E-state index in [-0.39, 0.29) is 17.6 Å². The minimum Gasteiger partial charge on any atom is -0.391 e. The van der Waals surface area contributed by atoms with Crippen LogP contribution >= 0.6 is 0 Å². The van der Waals surface area contributed by atoms with Gasteiger partial charge in [0.2, 0.25) is 0 Å². The van der Waals surface area contributed by atoms with Crippen LogP contribution in [0.25, 0.3) is 0 Å². The summed E-state index contributed by atoms with van der Waals surface area (Å²) in [4.78, 5) is 4.87. The predicted molar refractivity (Wildman–Crippen MR) is 58.0 cm³/mol. The first-order valence-electron chi connectivity index (χ1n) is 4.91. The van der Waals surface area contributed by atoms with Gasteiger partial charge in [0.25, 0.3) is 0 Å². The van der Waals surface area contributed by atoms with Gasteiger partial charge >= 0.3 is 0 Å². The van der Waals surface area contributed by atoms with E-state index in [9.17, 15) is 8.78 Å². The SMILES string of the molecule is CC(C)(C)/[C]=N\OCc1ccc(F)cc1F. The molecule has 2 nitrogen and oxygen atoms in total. The summed E-state index contributed by atoms with van der Waals surface area (Å²) in [5, 5.41) is 3.59. The number of rotatable bonds is 3. The Labute approximate surface area is 93.9 Å². The quantitative estimate of drug-likeness (QED) is 0.572. The Morgan fingerprint density at radius 2 is 2.00 bits per heavy atom. The van der Waals surface area contributed by atoms with Gasteiger partial charge in [-0.15, -0.1) is 0 Å². The molecule has 1 rings (SSSR count).